The van der Waals surface area contributed by atoms with Gasteiger partial charge in [0.2, 0.25) is 0 Å². The molecule has 0 saturated heterocycles. The summed E-state index contributed by atoms with van der Waals surface area (Å²) in [5.41, 5.74) is 1.87. The third kappa shape index (κ3) is 6.08. The van der Waals surface area contributed by atoms with E-state index in [1.165, 1.54) is 12.1 Å². The van der Waals surface area contributed by atoms with E-state index < -0.39 is 0 Å². The zero-order valence-corrected chi connectivity index (χ0v) is 18.0. The summed E-state index contributed by atoms with van der Waals surface area (Å²) >= 11 is 23.2. The van der Waals surface area contributed by atoms with E-state index >= 15 is 0 Å². The van der Waals surface area contributed by atoms with E-state index in [0.29, 0.717) is 38.7 Å². The fourth-order valence-corrected chi connectivity index (χ4v) is 3.21. The van der Waals surface area contributed by atoms with Crippen molar-refractivity contribution in [2.75, 3.05) is 5.32 Å². The topological polar surface area (TPSA) is 50.4 Å². The van der Waals surface area contributed by atoms with Crippen LogP contribution in [0.1, 0.15) is 15.9 Å². The molecule has 0 saturated carbocycles. The molecule has 0 heterocycles. The monoisotopic (exact) mass is 464 g/mol. The van der Waals surface area contributed by atoms with Gasteiger partial charge in [-0.25, -0.2) is 0 Å². The van der Waals surface area contributed by atoms with Crippen LogP contribution in [0.2, 0.25) is 15.1 Å². The summed E-state index contributed by atoms with van der Waals surface area (Å²) in [4.78, 5) is 12.5. The molecule has 8 heteroatoms. The SMILES string of the molecule is O=C(NC(=S)Nc1cc(Cl)c(Cl)cc1Cl)c1cccc(OCc2ccccc2)c1. The minimum absolute atomic E-state index is 0.0749. The molecule has 3 aromatic carbocycles. The molecule has 3 rings (SSSR count). The Morgan fingerprint density at radius 2 is 1.62 bits per heavy atom. The van der Waals surface area contributed by atoms with Gasteiger partial charge in [-0.2, -0.15) is 0 Å². The van der Waals surface area contributed by atoms with Crippen LogP contribution in [-0.2, 0) is 6.61 Å². The maximum Gasteiger partial charge on any atom is 0.257 e. The molecule has 0 aliphatic carbocycles. The minimum Gasteiger partial charge on any atom is -0.489 e. The first-order valence-corrected chi connectivity index (χ1v) is 10.0. The Morgan fingerprint density at radius 1 is 0.897 bits per heavy atom. The molecule has 0 radical (unpaired) electrons. The van der Waals surface area contributed by atoms with Crippen molar-refractivity contribution in [1.29, 1.82) is 0 Å². The summed E-state index contributed by atoms with van der Waals surface area (Å²) < 4.78 is 5.75. The fourth-order valence-electron chi connectivity index (χ4n) is 2.42. The average Bonchev–Trinajstić information content (AvgIpc) is 2.71. The van der Waals surface area contributed by atoms with Crippen molar-refractivity contribution in [3.63, 3.8) is 0 Å². The largest absolute Gasteiger partial charge is 0.489 e. The van der Waals surface area contributed by atoms with Crippen molar-refractivity contribution in [3.05, 3.63) is 92.9 Å². The second-order valence-electron chi connectivity index (χ2n) is 5.96. The van der Waals surface area contributed by atoms with Gasteiger partial charge in [0.1, 0.15) is 12.4 Å². The summed E-state index contributed by atoms with van der Waals surface area (Å²) in [5.74, 6) is 0.191. The summed E-state index contributed by atoms with van der Waals surface area (Å²) in [6, 6.07) is 19.6. The molecule has 0 aliphatic rings. The number of ether oxygens (including phenoxy) is 1. The number of halogens is 3. The van der Waals surface area contributed by atoms with E-state index in [4.69, 9.17) is 51.8 Å². The molecule has 0 atom stereocenters. The van der Waals surface area contributed by atoms with Crippen molar-refractivity contribution in [2.24, 2.45) is 0 Å². The smallest absolute Gasteiger partial charge is 0.257 e. The Kier molecular flexibility index (Phi) is 7.34. The predicted molar refractivity (Wildman–Crippen MR) is 122 cm³/mol. The number of anilines is 1. The molecule has 0 aliphatic heterocycles. The van der Waals surface area contributed by atoms with Gasteiger partial charge in [0.15, 0.2) is 5.11 Å². The predicted octanol–water partition coefficient (Wildman–Crippen LogP) is 6.35. The lowest BCUT2D eigenvalue weighted by atomic mass is 10.2. The number of hydrogen-bond acceptors (Lipinski definition) is 3. The molecule has 0 unspecified atom stereocenters. The second-order valence-corrected chi connectivity index (χ2v) is 7.59. The number of carbonyl (C=O) groups is 1. The lowest BCUT2D eigenvalue weighted by molar-refractivity contribution is 0.0977. The highest BCUT2D eigenvalue weighted by molar-refractivity contribution is 7.80. The molecular formula is C21H15Cl3N2O2S. The summed E-state index contributed by atoms with van der Waals surface area (Å²) in [7, 11) is 0. The molecule has 1 amide bonds. The van der Waals surface area contributed by atoms with Gasteiger partial charge < -0.3 is 10.1 Å². The first-order valence-electron chi connectivity index (χ1n) is 8.46. The maximum atomic E-state index is 12.5. The van der Waals surface area contributed by atoms with Crippen molar-refractivity contribution in [3.8, 4) is 5.75 Å². The quantitative estimate of drug-likeness (QED) is 0.340. The highest BCUT2D eigenvalue weighted by atomic mass is 35.5. The van der Waals surface area contributed by atoms with Gasteiger partial charge in [-0.15, -0.1) is 0 Å². The van der Waals surface area contributed by atoms with Crippen LogP contribution in [0.5, 0.6) is 5.75 Å². The van der Waals surface area contributed by atoms with Gasteiger partial charge in [0, 0.05) is 5.56 Å². The van der Waals surface area contributed by atoms with Crippen LogP contribution in [0, 0.1) is 0 Å². The number of benzene rings is 3. The lowest BCUT2D eigenvalue weighted by Gasteiger charge is -2.12. The second kappa shape index (κ2) is 9.94. The first-order chi connectivity index (χ1) is 13.9. The summed E-state index contributed by atoms with van der Waals surface area (Å²) in [6.45, 7) is 0.404. The van der Waals surface area contributed by atoms with Crippen molar-refractivity contribution < 1.29 is 9.53 Å². The third-order valence-corrected chi connectivity index (χ3v) is 5.07. The third-order valence-electron chi connectivity index (χ3n) is 3.83. The Hall–Kier alpha value is -2.31. The van der Waals surface area contributed by atoms with Crippen molar-refractivity contribution >= 4 is 63.7 Å². The van der Waals surface area contributed by atoms with Crippen LogP contribution < -0.4 is 15.4 Å². The molecular weight excluding hydrogens is 451 g/mol. The van der Waals surface area contributed by atoms with Gasteiger partial charge in [0.25, 0.3) is 5.91 Å². The highest BCUT2D eigenvalue weighted by Crippen LogP contribution is 2.32. The average molecular weight is 466 g/mol. The number of amides is 1. The summed E-state index contributed by atoms with van der Waals surface area (Å²) in [6.07, 6.45) is 0. The first kappa shape index (κ1) is 21.4. The maximum absolute atomic E-state index is 12.5. The van der Waals surface area contributed by atoms with E-state index in [2.05, 4.69) is 10.6 Å². The molecule has 0 spiro atoms. The molecule has 0 fully saturated rings. The van der Waals surface area contributed by atoms with Gasteiger partial charge in [-0.3, -0.25) is 10.1 Å². The van der Waals surface area contributed by atoms with Crippen LogP contribution in [0.4, 0.5) is 5.69 Å². The van der Waals surface area contributed by atoms with Crippen LogP contribution in [0.25, 0.3) is 0 Å². The normalized spacial score (nSPS) is 10.3. The number of hydrogen-bond donors (Lipinski definition) is 2. The minimum atomic E-state index is -0.385. The van der Waals surface area contributed by atoms with Gasteiger partial charge in [0.05, 0.1) is 20.8 Å². The van der Waals surface area contributed by atoms with Gasteiger partial charge in [-0.05, 0) is 48.1 Å². The van der Waals surface area contributed by atoms with Crippen LogP contribution in [-0.4, -0.2) is 11.0 Å². The lowest BCUT2D eigenvalue weighted by Crippen LogP contribution is -2.34. The fraction of sp³-hybridized carbons (Fsp3) is 0.0476. The van der Waals surface area contributed by atoms with Crippen LogP contribution in [0.3, 0.4) is 0 Å². The zero-order chi connectivity index (χ0) is 20.8. The molecule has 0 aromatic heterocycles. The van der Waals surface area contributed by atoms with Crippen molar-refractivity contribution in [2.45, 2.75) is 6.61 Å². The van der Waals surface area contributed by atoms with Gasteiger partial charge >= 0.3 is 0 Å². The van der Waals surface area contributed by atoms with E-state index in [1.54, 1.807) is 24.3 Å². The molecule has 29 heavy (non-hydrogen) atoms. The number of thiocarbonyl (C=S) groups is 1. The van der Waals surface area contributed by atoms with Crippen LogP contribution in [0.15, 0.2) is 66.7 Å². The molecule has 0 bridgehead atoms. The Bertz CT molecular complexity index is 1050. The molecule has 3 aromatic rings. The number of rotatable bonds is 5. The Labute approximate surface area is 188 Å². The van der Waals surface area contributed by atoms with E-state index in [9.17, 15) is 4.79 Å². The zero-order valence-electron chi connectivity index (χ0n) is 14.9. The van der Waals surface area contributed by atoms with E-state index in [0.717, 1.165) is 5.56 Å². The Morgan fingerprint density at radius 3 is 2.38 bits per heavy atom. The number of carbonyl (C=O) groups excluding carboxylic acids is 1. The van der Waals surface area contributed by atoms with Gasteiger partial charge in [-0.1, -0.05) is 71.2 Å². The summed E-state index contributed by atoms with van der Waals surface area (Å²) in [5, 5.41) is 6.47. The molecule has 2 N–H and O–H groups in total. The molecule has 4 nitrogen and oxygen atoms in total. The van der Waals surface area contributed by atoms with Crippen molar-refractivity contribution in [1.82, 2.24) is 5.32 Å². The number of nitrogens with one attached hydrogen (secondary N) is 2. The van der Waals surface area contributed by atoms with Crippen LogP contribution >= 0.6 is 47.0 Å². The van der Waals surface area contributed by atoms with E-state index in [1.807, 2.05) is 30.3 Å². The Balaban J connectivity index is 1.61. The standard InChI is InChI=1S/C21H15Cl3N2O2S/c22-16-10-18(24)19(11-17(16)23)25-21(29)26-20(27)14-7-4-8-15(9-14)28-12-13-5-2-1-3-6-13/h1-11H,12H2,(H2,25,26,27,29). The highest BCUT2D eigenvalue weighted by Gasteiger charge is 2.12. The van der Waals surface area contributed by atoms with E-state index in [-0.39, 0.29) is 11.0 Å². The molecule has 148 valence electrons.